The number of aliphatic hydroxyl groups is 1. The molecule has 0 radical (unpaired) electrons. The molecule has 3 fully saturated rings. The molecule has 2 aromatic rings. The van der Waals surface area contributed by atoms with E-state index in [9.17, 15) is 19.5 Å². The van der Waals surface area contributed by atoms with E-state index < -0.39 is 23.6 Å². The van der Waals surface area contributed by atoms with Gasteiger partial charge in [-0.1, -0.05) is 44.7 Å². The Morgan fingerprint density at radius 1 is 1.02 bits per heavy atom. The van der Waals surface area contributed by atoms with Crippen LogP contribution in [0.4, 0.5) is 0 Å². The Morgan fingerprint density at radius 2 is 1.65 bits per heavy atom. The van der Waals surface area contributed by atoms with Crippen molar-refractivity contribution < 1.29 is 29.4 Å². The molecule has 232 valence electrons. The molecule has 10 heteroatoms. The Kier molecular flexibility index (Phi) is 10.00. The molecule has 43 heavy (non-hydrogen) atoms. The van der Waals surface area contributed by atoms with Crippen molar-refractivity contribution in [2.24, 2.45) is 5.92 Å². The second-order valence-corrected chi connectivity index (χ2v) is 12.2. The summed E-state index contributed by atoms with van der Waals surface area (Å²) in [4.78, 5) is 43.2. The van der Waals surface area contributed by atoms with Gasteiger partial charge in [0.2, 0.25) is 11.8 Å². The van der Waals surface area contributed by atoms with E-state index >= 15 is 0 Å². The van der Waals surface area contributed by atoms with Gasteiger partial charge in [0.05, 0.1) is 6.10 Å². The largest absolute Gasteiger partial charge is 0.457 e. The third kappa shape index (κ3) is 6.87. The molecule has 3 amide bonds. The Hall–Kier alpha value is -3.47. The number of hydrogen-bond donors (Lipinski definition) is 4. The first kappa shape index (κ1) is 31.0. The van der Waals surface area contributed by atoms with Gasteiger partial charge in [0.25, 0.3) is 5.91 Å². The van der Waals surface area contributed by atoms with Crippen molar-refractivity contribution in [2.45, 2.75) is 88.9 Å². The molecule has 0 bridgehead atoms. The molecule has 2 aromatic carbocycles. The van der Waals surface area contributed by atoms with Gasteiger partial charge in [0.15, 0.2) is 0 Å². The number of hydroxylamine groups is 1. The van der Waals surface area contributed by atoms with Crippen molar-refractivity contribution in [1.82, 2.24) is 20.6 Å². The summed E-state index contributed by atoms with van der Waals surface area (Å²) in [5, 5.41) is 22.9. The molecule has 10 nitrogen and oxygen atoms in total. The van der Waals surface area contributed by atoms with E-state index in [1.165, 1.54) is 0 Å². The number of piperazine rings is 1. The summed E-state index contributed by atoms with van der Waals surface area (Å²) < 4.78 is 5.89. The van der Waals surface area contributed by atoms with Crippen molar-refractivity contribution in [3.63, 3.8) is 0 Å². The predicted octanol–water partition coefficient (Wildman–Crippen LogP) is 4.00. The van der Waals surface area contributed by atoms with Crippen LogP contribution >= 0.6 is 0 Å². The average molecular weight is 593 g/mol. The molecule has 2 aliphatic heterocycles. The van der Waals surface area contributed by atoms with Gasteiger partial charge < -0.3 is 20.1 Å². The zero-order valence-electron chi connectivity index (χ0n) is 25.0. The Balaban J connectivity index is 1.19. The number of carbonyl (C=O) groups excluding carboxylic acids is 3. The summed E-state index contributed by atoms with van der Waals surface area (Å²) >= 11 is 0. The van der Waals surface area contributed by atoms with E-state index in [2.05, 4.69) is 17.1 Å². The minimum Gasteiger partial charge on any atom is -0.457 e. The van der Waals surface area contributed by atoms with Crippen molar-refractivity contribution >= 4 is 17.7 Å². The monoisotopic (exact) mass is 592 g/mol. The van der Waals surface area contributed by atoms with Gasteiger partial charge in [-0.15, -0.1) is 0 Å². The van der Waals surface area contributed by atoms with Gasteiger partial charge in [-0.25, -0.2) is 5.48 Å². The van der Waals surface area contributed by atoms with Crippen LogP contribution < -0.4 is 15.5 Å². The fourth-order valence-electron chi connectivity index (χ4n) is 6.83. The first-order chi connectivity index (χ1) is 20.8. The summed E-state index contributed by atoms with van der Waals surface area (Å²) in [5.74, 6) is 0.473. The number of carbonyl (C=O) groups is 3. The number of rotatable bonds is 10. The number of unbranched alkanes of at least 4 members (excludes halogenated alkanes) is 1. The molecule has 0 aromatic heterocycles. The molecule has 3 aliphatic rings. The summed E-state index contributed by atoms with van der Waals surface area (Å²) in [7, 11) is 0. The maximum Gasteiger partial charge on any atom is 0.274 e. The molecule has 2 heterocycles. The molecular weight excluding hydrogens is 548 g/mol. The van der Waals surface area contributed by atoms with Crippen molar-refractivity contribution in [1.29, 1.82) is 0 Å². The minimum absolute atomic E-state index is 0.0596. The van der Waals surface area contributed by atoms with Crippen LogP contribution in [-0.4, -0.2) is 75.2 Å². The highest BCUT2D eigenvalue weighted by atomic mass is 16.5. The Bertz CT molecular complexity index is 1250. The topological polar surface area (TPSA) is 131 Å². The normalized spacial score (nSPS) is 21.8. The first-order valence-corrected chi connectivity index (χ1v) is 15.7. The fraction of sp³-hybridized carbons (Fsp3) is 0.545. The van der Waals surface area contributed by atoms with E-state index in [0.717, 1.165) is 57.1 Å². The van der Waals surface area contributed by atoms with Gasteiger partial charge >= 0.3 is 0 Å². The number of aliphatic hydroxyl groups excluding tert-OH is 1. The zero-order chi connectivity index (χ0) is 30.4. The highest BCUT2D eigenvalue weighted by molar-refractivity contribution is 6.00. The molecule has 2 saturated heterocycles. The van der Waals surface area contributed by atoms with Gasteiger partial charge in [-0.2, -0.15) is 0 Å². The summed E-state index contributed by atoms with van der Waals surface area (Å²) in [6.45, 7) is 4.71. The van der Waals surface area contributed by atoms with Crippen molar-refractivity contribution in [3.8, 4) is 11.5 Å². The number of hydrogen-bond acceptors (Lipinski definition) is 7. The number of nitrogens with one attached hydrogen (secondary N) is 2. The average Bonchev–Trinajstić information content (AvgIpc) is 3.04. The van der Waals surface area contributed by atoms with Crippen LogP contribution in [0, 0.1) is 5.92 Å². The molecule has 5 rings (SSSR count). The van der Waals surface area contributed by atoms with Crippen molar-refractivity contribution in [3.05, 3.63) is 59.7 Å². The third-order valence-electron chi connectivity index (χ3n) is 9.43. The van der Waals surface area contributed by atoms with E-state index in [4.69, 9.17) is 9.94 Å². The Labute approximate surface area is 253 Å². The van der Waals surface area contributed by atoms with E-state index in [0.29, 0.717) is 49.5 Å². The SMILES string of the molecule is CCCCN1C(=O)[C@@H]([C@H](O)C2CCCCC2)NC(=O)C12CCN(Cc1ccc(Oc3ccc(C(=O)NO)cc3)cc1)CC2. The number of amides is 3. The van der Waals surface area contributed by atoms with E-state index in [-0.39, 0.29) is 17.7 Å². The van der Waals surface area contributed by atoms with Crippen LogP contribution in [0.5, 0.6) is 11.5 Å². The lowest BCUT2D eigenvalue weighted by Crippen LogP contribution is -2.75. The quantitative estimate of drug-likeness (QED) is 0.242. The van der Waals surface area contributed by atoms with Crippen LogP contribution in [0.15, 0.2) is 48.5 Å². The molecular formula is C33H44N4O6. The molecule has 1 spiro atoms. The zero-order valence-corrected chi connectivity index (χ0v) is 25.0. The second kappa shape index (κ2) is 13.9. The van der Waals surface area contributed by atoms with E-state index in [1.807, 2.05) is 29.2 Å². The molecule has 1 aliphatic carbocycles. The molecule has 2 atom stereocenters. The minimum atomic E-state index is -0.864. The second-order valence-electron chi connectivity index (χ2n) is 12.2. The number of likely N-dealkylation sites (tertiary alicyclic amines) is 1. The number of nitrogens with zero attached hydrogens (tertiary/aromatic N) is 2. The lowest BCUT2D eigenvalue weighted by atomic mass is 9.78. The summed E-state index contributed by atoms with van der Waals surface area (Å²) in [6, 6.07) is 13.4. The van der Waals surface area contributed by atoms with Gasteiger partial charge in [0, 0.05) is 31.7 Å². The molecule has 1 saturated carbocycles. The van der Waals surface area contributed by atoms with Crippen LogP contribution in [0.25, 0.3) is 0 Å². The van der Waals surface area contributed by atoms with Crippen LogP contribution in [0.1, 0.15) is 80.6 Å². The number of ether oxygens (including phenoxy) is 1. The number of piperidine rings is 1. The van der Waals surface area contributed by atoms with Crippen molar-refractivity contribution in [2.75, 3.05) is 19.6 Å². The van der Waals surface area contributed by atoms with Crippen LogP contribution in [0.2, 0.25) is 0 Å². The van der Waals surface area contributed by atoms with Gasteiger partial charge in [-0.3, -0.25) is 24.5 Å². The highest BCUT2D eigenvalue weighted by Crippen LogP contribution is 2.36. The fourth-order valence-corrected chi connectivity index (χ4v) is 6.83. The molecule has 0 unspecified atom stereocenters. The van der Waals surface area contributed by atoms with Gasteiger partial charge in [-0.05, 0) is 80.0 Å². The third-order valence-corrected chi connectivity index (χ3v) is 9.43. The first-order valence-electron chi connectivity index (χ1n) is 15.7. The number of benzene rings is 2. The summed E-state index contributed by atoms with van der Waals surface area (Å²) in [6.07, 6.45) is 7.14. The lowest BCUT2D eigenvalue weighted by Gasteiger charge is -2.52. The maximum atomic E-state index is 13.8. The standard InChI is InChI=1S/C33H44N4O6/c1-2-3-19-37-31(40)28(29(38)24-7-5-4-6-8-24)34-32(41)33(37)17-20-36(21-18-33)22-23-9-13-26(14-10-23)43-27-15-11-25(12-16-27)30(39)35-42/h9-16,24,28-29,38,42H,2-8,17-22H2,1H3,(H,34,41)(H,35,39)/t28-,29-/m1/s1. The maximum absolute atomic E-state index is 13.8. The van der Waals surface area contributed by atoms with Crippen LogP contribution in [0.3, 0.4) is 0 Å². The highest BCUT2D eigenvalue weighted by Gasteiger charge is 2.55. The van der Waals surface area contributed by atoms with Crippen LogP contribution in [-0.2, 0) is 16.1 Å². The molecule has 4 N–H and O–H groups in total. The van der Waals surface area contributed by atoms with Gasteiger partial charge in [0.1, 0.15) is 23.1 Å². The lowest BCUT2D eigenvalue weighted by molar-refractivity contribution is -0.166. The Morgan fingerprint density at radius 3 is 2.26 bits per heavy atom. The smallest absolute Gasteiger partial charge is 0.274 e. The van der Waals surface area contributed by atoms with E-state index in [1.54, 1.807) is 29.7 Å². The summed E-state index contributed by atoms with van der Waals surface area (Å²) in [5.41, 5.74) is 2.18. The predicted molar refractivity (Wildman–Crippen MR) is 161 cm³/mol.